The number of para-hydroxylation sites is 1. The van der Waals surface area contributed by atoms with Crippen LogP contribution in [0.1, 0.15) is 16.1 Å². The zero-order valence-corrected chi connectivity index (χ0v) is 13.3. The fourth-order valence-electron chi connectivity index (χ4n) is 2.00. The molecule has 6 heteroatoms. The summed E-state index contributed by atoms with van der Waals surface area (Å²) < 4.78 is 0. The molecular formula is C16H12ClN3OS. The van der Waals surface area contributed by atoms with E-state index >= 15 is 0 Å². The summed E-state index contributed by atoms with van der Waals surface area (Å²) in [5.41, 5.74) is 2.10. The van der Waals surface area contributed by atoms with Crippen LogP contribution >= 0.6 is 22.9 Å². The van der Waals surface area contributed by atoms with Crippen LogP contribution in [0.5, 0.6) is 0 Å². The van der Waals surface area contributed by atoms with Crippen LogP contribution in [-0.4, -0.2) is 15.9 Å². The second kappa shape index (κ2) is 6.25. The first-order valence-corrected chi connectivity index (χ1v) is 7.84. The highest BCUT2D eigenvalue weighted by Gasteiger charge is 2.22. The molecule has 0 aliphatic heterocycles. The first kappa shape index (κ1) is 14.7. The number of aryl methyl sites for hydroxylation is 1. The highest BCUT2D eigenvalue weighted by molar-refractivity contribution is 7.14. The van der Waals surface area contributed by atoms with E-state index in [1.54, 1.807) is 17.0 Å². The molecule has 1 amide bonds. The Labute approximate surface area is 137 Å². The van der Waals surface area contributed by atoms with Gasteiger partial charge < -0.3 is 0 Å². The number of aromatic nitrogens is 2. The third kappa shape index (κ3) is 3.00. The third-order valence-electron chi connectivity index (χ3n) is 2.99. The number of benzene rings is 1. The van der Waals surface area contributed by atoms with Crippen molar-refractivity contribution >= 4 is 39.7 Å². The molecule has 22 heavy (non-hydrogen) atoms. The van der Waals surface area contributed by atoms with Crippen LogP contribution in [0.4, 0.5) is 10.8 Å². The molecule has 0 bridgehead atoms. The van der Waals surface area contributed by atoms with E-state index in [2.05, 4.69) is 9.97 Å². The summed E-state index contributed by atoms with van der Waals surface area (Å²) in [5, 5.41) is 2.83. The van der Waals surface area contributed by atoms with Crippen LogP contribution in [0.3, 0.4) is 0 Å². The van der Waals surface area contributed by atoms with Crippen LogP contribution in [0, 0.1) is 6.92 Å². The Morgan fingerprint density at radius 1 is 1.23 bits per heavy atom. The lowest BCUT2D eigenvalue weighted by Gasteiger charge is -2.20. The Morgan fingerprint density at radius 2 is 2.00 bits per heavy atom. The fraction of sp³-hybridized carbons (Fsp3) is 0.0625. The van der Waals surface area contributed by atoms with Gasteiger partial charge in [0.1, 0.15) is 5.15 Å². The van der Waals surface area contributed by atoms with Gasteiger partial charge >= 0.3 is 0 Å². The molecule has 0 aliphatic rings. The maximum Gasteiger partial charge on any atom is 0.264 e. The van der Waals surface area contributed by atoms with Crippen molar-refractivity contribution in [2.24, 2.45) is 0 Å². The van der Waals surface area contributed by atoms with E-state index in [-0.39, 0.29) is 11.1 Å². The summed E-state index contributed by atoms with van der Waals surface area (Å²) in [6, 6.07) is 12.6. The summed E-state index contributed by atoms with van der Waals surface area (Å²) >= 11 is 7.32. The van der Waals surface area contributed by atoms with Crippen LogP contribution in [-0.2, 0) is 0 Å². The molecule has 0 saturated heterocycles. The largest absolute Gasteiger partial charge is 0.268 e. The van der Waals surface area contributed by atoms with E-state index in [4.69, 9.17) is 11.6 Å². The minimum Gasteiger partial charge on any atom is -0.268 e. The van der Waals surface area contributed by atoms with Crippen molar-refractivity contribution in [2.45, 2.75) is 6.92 Å². The van der Waals surface area contributed by atoms with Crippen molar-refractivity contribution in [3.8, 4) is 0 Å². The number of rotatable bonds is 3. The monoisotopic (exact) mass is 329 g/mol. The lowest BCUT2D eigenvalue weighted by atomic mass is 10.2. The Kier molecular flexibility index (Phi) is 4.18. The summed E-state index contributed by atoms with van der Waals surface area (Å²) in [6.07, 6.45) is 1.52. The van der Waals surface area contributed by atoms with Gasteiger partial charge in [0.15, 0.2) is 5.13 Å². The van der Waals surface area contributed by atoms with E-state index < -0.39 is 0 Å². The van der Waals surface area contributed by atoms with Gasteiger partial charge in [0, 0.05) is 17.1 Å². The minimum atomic E-state index is -0.190. The smallest absolute Gasteiger partial charge is 0.264 e. The number of halogens is 1. The minimum absolute atomic E-state index is 0.190. The molecule has 4 nitrogen and oxygen atoms in total. The average Bonchev–Trinajstić information content (AvgIpc) is 2.94. The van der Waals surface area contributed by atoms with Gasteiger partial charge in [-0.15, -0.1) is 11.3 Å². The van der Waals surface area contributed by atoms with Gasteiger partial charge in [-0.05, 0) is 31.2 Å². The van der Waals surface area contributed by atoms with Crippen LogP contribution < -0.4 is 4.90 Å². The fourth-order valence-corrected chi connectivity index (χ4v) is 2.99. The molecule has 0 N–H and O–H groups in total. The number of carbonyl (C=O) groups is 1. The maximum atomic E-state index is 12.9. The lowest BCUT2D eigenvalue weighted by Crippen LogP contribution is -2.25. The second-order valence-electron chi connectivity index (χ2n) is 4.61. The molecule has 0 saturated carbocycles. The number of anilines is 2. The molecule has 0 radical (unpaired) electrons. The molecule has 110 valence electrons. The number of carbonyl (C=O) groups excluding carboxylic acids is 1. The van der Waals surface area contributed by atoms with Crippen LogP contribution in [0.15, 0.2) is 54.0 Å². The molecule has 1 aromatic carbocycles. The number of pyridine rings is 1. The van der Waals surface area contributed by atoms with E-state index in [0.717, 1.165) is 11.4 Å². The zero-order valence-electron chi connectivity index (χ0n) is 11.7. The van der Waals surface area contributed by atoms with Crippen molar-refractivity contribution in [1.29, 1.82) is 0 Å². The van der Waals surface area contributed by atoms with Crippen molar-refractivity contribution in [3.05, 3.63) is 70.5 Å². The molecule has 3 rings (SSSR count). The highest BCUT2D eigenvalue weighted by atomic mass is 35.5. The molecule has 0 fully saturated rings. The molecule has 0 unspecified atom stereocenters. The van der Waals surface area contributed by atoms with E-state index in [1.807, 2.05) is 42.6 Å². The van der Waals surface area contributed by atoms with Gasteiger partial charge in [0.25, 0.3) is 5.91 Å². The molecule has 3 aromatic rings. The quantitative estimate of drug-likeness (QED) is 0.666. The molecule has 0 atom stereocenters. The van der Waals surface area contributed by atoms with Gasteiger partial charge in [0.05, 0.1) is 11.4 Å². The van der Waals surface area contributed by atoms with Crippen LogP contribution in [0.2, 0.25) is 5.15 Å². The predicted octanol–water partition coefficient (Wildman–Crippen LogP) is 4.48. The van der Waals surface area contributed by atoms with Gasteiger partial charge in [-0.2, -0.15) is 0 Å². The normalized spacial score (nSPS) is 10.5. The number of amides is 1. The summed E-state index contributed by atoms with van der Waals surface area (Å²) in [4.78, 5) is 22.8. The Hall–Kier alpha value is -2.24. The number of hydrogen-bond donors (Lipinski definition) is 0. The Balaban J connectivity index is 2.08. The van der Waals surface area contributed by atoms with E-state index in [0.29, 0.717) is 10.7 Å². The molecule has 2 aromatic heterocycles. The highest BCUT2D eigenvalue weighted by Crippen LogP contribution is 2.30. The van der Waals surface area contributed by atoms with Crippen LogP contribution in [0.25, 0.3) is 0 Å². The summed E-state index contributed by atoms with van der Waals surface area (Å²) in [6.45, 7) is 1.90. The SMILES string of the molecule is Cc1csc(N(C(=O)c2ccnc(Cl)c2)c2ccccc2)n1. The topological polar surface area (TPSA) is 46.1 Å². The Morgan fingerprint density at radius 3 is 2.64 bits per heavy atom. The third-order valence-corrected chi connectivity index (χ3v) is 4.14. The first-order valence-electron chi connectivity index (χ1n) is 6.58. The number of hydrogen-bond acceptors (Lipinski definition) is 4. The van der Waals surface area contributed by atoms with Gasteiger partial charge in [0.2, 0.25) is 0 Å². The standard InChI is InChI=1S/C16H12ClN3OS/c1-11-10-22-16(19-11)20(13-5-3-2-4-6-13)15(21)12-7-8-18-14(17)9-12/h2-10H,1H3. The van der Waals surface area contributed by atoms with E-state index in [9.17, 15) is 4.79 Å². The van der Waals surface area contributed by atoms with Crippen molar-refractivity contribution < 1.29 is 4.79 Å². The van der Waals surface area contributed by atoms with Crippen molar-refractivity contribution in [2.75, 3.05) is 4.90 Å². The molecule has 2 heterocycles. The Bertz CT molecular complexity index is 804. The average molecular weight is 330 g/mol. The van der Waals surface area contributed by atoms with Gasteiger partial charge in [-0.25, -0.2) is 9.97 Å². The zero-order chi connectivity index (χ0) is 15.5. The molecule has 0 aliphatic carbocycles. The molecular weight excluding hydrogens is 318 g/mol. The molecule has 0 spiro atoms. The van der Waals surface area contributed by atoms with Crippen molar-refractivity contribution in [1.82, 2.24) is 9.97 Å². The second-order valence-corrected chi connectivity index (χ2v) is 5.84. The first-order chi connectivity index (χ1) is 10.6. The van der Waals surface area contributed by atoms with Gasteiger partial charge in [-0.3, -0.25) is 9.69 Å². The van der Waals surface area contributed by atoms with E-state index in [1.165, 1.54) is 17.5 Å². The summed E-state index contributed by atoms with van der Waals surface area (Å²) in [5.74, 6) is -0.190. The van der Waals surface area contributed by atoms with Gasteiger partial charge in [-0.1, -0.05) is 29.8 Å². The summed E-state index contributed by atoms with van der Waals surface area (Å²) in [7, 11) is 0. The van der Waals surface area contributed by atoms with Crippen molar-refractivity contribution in [3.63, 3.8) is 0 Å². The maximum absolute atomic E-state index is 12.9. The number of nitrogens with zero attached hydrogens (tertiary/aromatic N) is 3. The number of thiazole rings is 1. The lowest BCUT2D eigenvalue weighted by molar-refractivity contribution is 0.0999. The predicted molar refractivity (Wildman–Crippen MR) is 89.0 cm³/mol.